The van der Waals surface area contributed by atoms with Gasteiger partial charge in [0.1, 0.15) is 11.6 Å². The van der Waals surface area contributed by atoms with Gasteiger partial charge < -0.3 is 20.7 Å². The minimum atomic E-state index is -0.287. The first-order valence-electron chi connectivity index (χ1n) is 9.90. The molecule has 2 aliphatic heterocycles. The minimum Gasteiger partial charge on any atom is -0.383 e. The maximum atomic E-state index is 12.9. The number of aromatic nitrogens is 2. The Bertz CT molecular complexity index is 999. The number of Topliss-reactive ketones (excluding diaryl/α,β-unsaturated/α-hetero) is 1. The molecule has 5 rings (SSSR count). The Morgan fingerprint density at radius 1 is 1.14 bits per heavy atom. The number of nitrogens with zero attached hydrogens (tertiary/aromatic N) is 3. The number of carbonyl (C=O) groups is 1. The lowest BCUT2D eigenvalue weighted by Crippen LogP contribution is -2.38. The summed E-state index contributed by atoms with van der Waals surface area (Å²) in [5.41, 5.74) is 9.92. The van der Waals surface area contributed by atoms with Crippen LogP contribution in [0.2, 0.25) is 5.02 Å². The van der Waals surface area contributed by atoms with Crippen molar-refractivity contribution >= 4 is 35.0 Å². The Kier molecular flexibility index (Phi) is 4.64. The first-order chi connectivity index (χ1) is 14.1. The van der Waals surface area contributed by atoms with E-state index in [1.54, 1.807) is 0 Å². The van der Waals surface area contributed by atoms with E-state index in [-0.39, 0.29) is 11.7 Å². The summed E-state index contributed by atoms with van der Waals surface area (Å²) >= 11 is 6.10. The van der Waals surface area contributed by atoms with E-state index < -0.39 is 0 Å². The molecule has 0 unspecified atom stereocenters. The molecule has 1 fully saturated rings. The van der Waals surface area contributed by atoms with Crippen molar-refractivity contribution in [2.75, 3.05) is 42.3 Å². The summed E-state index contributed by atoms with van der Waals surface area (Å²) in [5.74, 6) is 1.55. The number of halogens is 1. The van der Waals surface area contributed by atoms with E-state index in [4.69, 9.17) is 27.1 Å². The fourth-order valence-electron chi connectivity index (χ4n) is 4.36. The van der Waals surface area contributed by atoms with Crippen molar-refractivity contribution in [2.24, 2.45) is 0 Å². The topological polar surface area (TPSA) is 93.4 Å². The molecule has 0 saturated carbocycles. The number of fused-ring (bicyclic) bond motifs is 1. The number of rotatable bonds is 2. The van der Waals surface area contributed by atoms with Crippen molar-refractivity contribution in [3.8, 4) is 0 Å². The number of carbonyl (C=O) groups excluding carboxylic acids is 1. The van der Waals surface area contributed by atoms with Crippen LogP contribution in [0.15, 0.2) is 35.5 Å². The fraction of sp³-hybridized carbons (Fsp3) is 0.381. The van der Waals surface area contributed by atoms with Crippen LogP contribution < -0.4 is 16.0 Å². The SMILES string of the molecule is Nc1nc(N2CCOCC2)nc2c1[C@@H](c1ccc(Cl)cc1)C1=C(CCCC1=O)N2. The van der Waals surface area contributed by atoms with Crippen molar-refractivity contribution in [3.05, 3.63) is 51.7 Å². The molecule has 1 aromatic carbocycles. The van der Waals surface area contributed by atoms with Crippen LogP contribution in [-0.4, -0.2) is 42.1 Å². The van der Waals surface area contributed by atoms with Crippen LogP contribution in [0, 0.1) is 0 Å². The number of hydrogen-bond donors (Lipinski definition) is 2. The molecule has 1 aromatic heterocycles. The highest BCUT2D eigenvalue weighted by atomic mass is 35.5. The van der Waals surface area contributed by atoms with Gasteiger partial charge >= 0.3 is 0 Å². The van der Waals surface area contributed by atoms with Crippen LogP contribution >= 0.6 is 11.6 Å². The molecule has 8 heteroatoms. The zero-order valence-electron chi connectivity index (χ0n) is 15.9. The van der Waals surface area contributed by atoms with Gasteiger partial charge in [-0.25, -0.2) is 0 Å². The monoisotopic (exact) mass is 411 g/mol. The summed E-state index contributed by atoms with van der Waals surface area (Å²) < 4.78 is 5.43. The van der Waals surface area contributed by atoms with Crippen molar-refractivity contribution in [3.63, 3.8) is 0 Å². The lowest BCUT2D eigenvalue weighted by molar-refractivity contribution is -0.116. The van der Waals surface area contributed by atoms with Gasteiger partial charge in [-0.2, -0.15) is 9.97 Å². The standard InChI is InChI=1S/C21H22ClN5O2/c22-13-6-4-12(5-7-13)16-17-14(2-1-3-15(17)28)24-20-18(16)19(23)25-21(26-20)27-8-10-29-11-9-27/h4-7,16H,1-3,8-11H2,(H3,23,24,25,26)/t16-/m0/s1. The highest BCUT2D eigenvalue weighted by molar-refractivity contribution is 6.30. The summed E-state index contributed by atoms with van der Waals surface area (Å²) in [6, 6.07) is 7.57. The molecule has 0 radical (unpaired) electrons. The number of benzene rings is 1. The van der Waals surface area contributed by atoms with Crippen LogP contribution in [0.5, 0.6) is 0 Å². The number of ether oxygens (including phenoxy) is 1. The Hall–Kier alpha value is -2.64. The lowest BCUT2D eigenvalue weighted by Gasteiger charge is -2.35. The predicted molar refractivity (Wildman–Crippen MR) is 112 cm³/mol. The number of ketones is 1. The normalized spacial score (nSPS) is 21.5. The van der Waals surface area contributed by atoms with Gasteiger partial charge in [-0.1, -0.05) is 23.7 Å². The number of hydrogen-bond acceptors (Lipinski definition) is 7. The van der Waals surface area contributed by atoms with E-state index in [0.29, 0.717) is 42.2 Å². The molecule has 2 aromatic rings. The largest absolute Gasteiger partial charge is 0.383 e. The number of anilines is 3. The quantitative estimate of drug-likeness (QED) is 0.784. The van der Waals surface area contributed by atoms with E-state index in [2.05, 4.69) is 15.2 Å². The maximum Gasteiger partial charge on any atom is 0.229 e. The van der Waals surface area contributed by atoms with Gasteiger partial charge in [0.15, 0.2) is 5.78 Å². The number of morpholine rings is 1. The first-order valence-corrected chi connectivity index (χ1v) is 10.3. The second-order valence-corrected chi connectivity index (χ2v) is 7.99. The second kappa shape index (κ2) is 7.31. The molecular weight excluding hydrogens is 390 g/mol. The third kappa shape index (κ3) is 3.24. The highest BCUT2D eigenvalue weighted by Crippen LogP contribution is 2.47. The van der Waals surface area contributed by atoms with Gasteiger partial charge in [-0.3, -0.25) is 4.79 Å². The van der Waals surface area contributed by atoms with E-state index in [9.17, 15) is 4.79 Å². The van der Waals surface area contributed by atoms with Gasteiger partial charge in [-0.15, -0.1) is 0 Å². The Morgan fingerprint density at radius 3 is 2.66 bits per heavy atom. The molecule has 29 heavy (non-hydrogen) atoms. The van der Waals surface area contributed by atoms with E-state index in [1.165, 1.54) is 0 Å². The van der Waals surface area contributed by atoms with Gasteiger partial charge in [0.25, 0.3) is 0 Å². The zero-order valence-corrected chi connectivity index (χ0v) is 16.7. The van der Waals surface area contributed by atoms with Crippen LogP contribution in [0.25, 0.3) is 0 Å². The Morgan fingerprint density at radius 2 is 1.90 bits per heavy atom. The van der Waals surface area contributed by atoms with Gasteiger partial charge in [0.05, 0.1) is 13.2 Å². The van der Waals surface area contributed by atoms with E-state index >= 15 is 0 Å². The summed E-state index contributed by atoms with van der Waals surface area (Å²) in [5, 5.41) is 4.06. The van der Waals surface area contributed by atoms with Gasteiger partial charge in [-0.05, 0) is 30.5 Å². The third-order valence-corrected chi connectivity index (χ3v) is 6.02. The van der Waals surface area contributed by atoms with Crippen LogP contribution in [0.1, 0.15) is 36.3 Å². The van der Waals surface area contributed by atoms with E-state index in [0.717, 1.165) is 48.3 Å². The van der Waals surface area contributed by atoms with Crippen LogP contribution in [0.3, 0.4) is 0 Å². The second-order valence-electron chi connectivity index (χ2n) is 7.55. The van der Waals surface area contributed by atoms with Crippen molar-refractivity contribution < 1.29 is 9.53 Å². The average Bonchev–Trinajstić information content (AvgIpc) is 2.74. The van der Waals surface area contributed by atoms with Crippen LogP contribution in [-0.2, 0) is 9.53 Å². The van der Waals surface area contributed by atoms with Gasteiger partial charge in [0.2, 0.25) is 5.95 Å². The Labute approximate surface area is 173 Å². The van der Waals surface area contributed by atoms with Crippen molar-refractivity contribution in [2.45, 2.75) is 25.2 Å². The number of nitrogens with one attached hydrogen (secondary N) is 1. The average molecular weight is 412 g/mol. The first kappa shape index (κ1) is 18.4. The van der Waals surface area contributed by atoms with Gasteiger partial charge in [0, 0.05) is 47.3 Å². The molecule has 1 atom stereocenters. The summed E-state index contributed by atoms with van der Waals surface area (Å²) in [6.45, 7) is 2.74. The van der Waals surface area contributed by atoms with Crippen molar-refractivity contribution in [1.82, 2.24) is 9.97 Å². The third-order valence-electron chi connectivity index (χ3n) is 5.76. The fourth-order valence-corrected chi connectivity index (χ4v) is 4.49. The molecule has 3 N–H and O–H groups in total. The number of nitrogens with two attached hydrogens (primary N) is 1. The zero-order chi connectivity index (χ0) is 20.0. The predicted octanol–water partition coefficient (Wildman–Crippen LogP) is 3.11. The smallest absolute Gasteiger partial charge is 0.229 e. The number of nitrogen functional groups attached to an aromatic ring is 1. The molecule has 0 amide bonds. The molecule has 0 bridgehead atoms. The molecule has 150 valence electrons. The maximum absolute atomic E-state index is 12.9. The summed E-state index contributed by atoms with van der Waals surface area (Å²) in [7, 11) is 0. The summed E-state index contributed by atoms with van der Waals surface area (Å²) in [4.78, 5) is 24.4. The van der Waals surface area contributed by atoms with Crippen molar-refractivity contribution in [1.29, 1.82) is 0 Å². The lowest BCUT2D eigenvalue weighted by atomic mass is 9.76. The highest BCUT2D eigenvalue weighted by Gasteiger charge is 2.38. The Balaban J connectivity index is 1.65. The molecule has 0 spiro atoms. The van der Waals surface area contributed by atoms with Crippen LogP contribution in [0.4, 0.5) is 17.6 Å². The molecule has 1 saturated heterocycles. The molecule has 7 nitrogen and oxygen atoms in total. The molecular formula is C21H22ClN5O2. The summed E-state index contributed by atoms with van der Waals surface area (Å²) in [6.07, 6.45) is 2.21. The molecule has 3 heterocycles. The molecule has 3 aliphatic rings. The molecule has 1 aliphatic carbocycles. The minimum absolute atomic E-state index is 0.154. The van der Waals surface area contributed by atoms with E-state index in [1.807, 2.05) is 24.3 Å². The number of allylic oxidation sites excluding steroid dienone is 2.